The first-order valence-electron chi connectivity index (χ1n) is 6.22. The van der Waals surface area contributed by atoms with Gasteiger partial charge in [-0.1, -0.05) is 0 Å². The molecule has 2 heterocycles. The molecule has 0 amide bonds. The molecule has 1 aromatic rings. The normalized spacial score (nSPS) is 18.2. The summed E-state index contributed by atoms with van der Waals surface area (Å²) in [7, 11) is 2.18. The molecule has 0 radical (unpaired) electrons. The molecule has 1 aliphatic rings. The predicted octanol–water partition coefficient (Wildman–Crippen LogP) is 2.72. The monoisotopic (exact) mass is 249 g/mol. The van der Waals surface area contributed by atoms with E-state index in [0.717, 1.165) is 11.4 Å². The average Bonchev–Trinajstić information content (AvgIpc) is 2.69. The molecule has 1 saturated heterocycles. The number of aromatic nitrogens is 1. The topological polar surface area (TPSA) is 39.9 Å². The Morgan fingerprint density at radius 1 is 1.47 bits per heavy atom. The number of thiazole rings is 1. The van der Waals surface area contributed by atoms with Gasteiger partial charge in [0.15, 0.2) is 0 Å². The van der Waals surface area contributed by atoms with Crippen LogP contribution in [0, 0.1) is 18.3 Å². The van der Waals surface area contributed by atoms with Gasteiger partial charge in [0.1, 0.15) is 0 Å². The van der Waals surface area contributed by atoms with Crippen molar-refractivity contribution in [1.82, 2.24) is 9.88 Å². The van der Waals surface area contributed by atoms with Crippen molar-refractivity contribution in [2.24, 2.45) is 0 Å². The smallest absolute Gasteiger partial charge is 0.0941 e. The largest absolute Gasteiger partial charge is 0.306 e. The first-order chi connectivity index (χ1) is 8.20. The number of nitriles is 1. The van der Waals surface area contributed by atoms with Crippen LogP contribution < -0.4 is 0 Å². The van der Waals surface area contributed by atoms with E-state index >= 15 is 0 Å². The maximum Gasteiger partial charge on any atom is 0.0941 e. The van der Waals surface area contributed by atoms with Gasteiger partial charge in [-0.05, 0) is 39.9 Å². The summed E-state index contributed by atoms with van der Waals surface area (Å²) in [6, 6.07) is 2.19. The van der Waals surface area contributed by atoms with Crippen molar-refractivity contribution in [1.29, 1.82) is 5.26 Å². The van der Waals surface area contributed by atoms with Gasteiger partial charge >= 0.3 is 0 Å². The van der Waals surface area contributed by atoms with E-state index in [1.165, 1.54) is 36.5 Å². The number of hydrogen-bond donors (Lipinski definition) is 0. The Bertz CT molecular complexity index is 411. The zero-order chi connectivity index (χ0) is 12.3. The average molecular weight is 249 g/mol. The molecule has 17 heavy (non-hydrogen) atoms. The highest BCUT2D eigenvalue weighted by Gasteiger charge is 2.22. The molecule has 2 rings (SSSR count). The van der Waals surface area contributed by atoms with Crippen LogP contribution in [-0.2, 0) is 6.42 Å². The lowest BCUT2D eigenvalue weighted by molar-refractivity contribution is 0.253. The molecule has 0 bridgehead atoms. The SMILES string of the molecule is Cc1sc(CCC#N)nc1C1CCN(C)CC1. The van der Waals surface area contributed by atoms with Crippen LogP contribution >= 0.6 is 11.3 Å². The van der Waals surface area contributed by atoms with Crippen molar-refractivity contribution >= 4 is 11.3 Å². The second kappa shape index (κ2) is 5.61. The molecule has 1 aliphatic heterocycles. The summed E-state index contributed by atoms with van der Waals surface area (Å²) in [4.78, 5) is 8.48. The third-order valence-electron chi connectivity index (χ3n) is 3.43. The van der Waals surface area contributed by atoms with E-state index < -0.39 is 0 Å². The Kier molecular flexibility index (Phi) is 4.14. The first-order valence-corrected chi connectivity index (χ1v) is 7.04. The quantitative estimate of drug-likeness (QED) is 0.827. The standard InChI is InChI=1S/C13H19N3S/c1-10-13(11-5-8-16(2)9-6-11)15-12(17-10)4-3-7-14/h11H,3-6,8-9H2,1-2H3. The van der Waals surface area contributed by atoms with Crippen LogP contribution in [0.4, 0.5) is 0 Å². The molecule has 3 nitrogen and oxygen atoms in total. The van der Waals surface area contributed by atoms with E-state index in [-0.39, 0.29) is 0 Å². The van der Waals surface area contributed by atoms with Gasteiger partial charge in [0.2, 0.25) is 0 Å². The fourth-order valence-electron chi connectivity index (χ4n) is 2.40. The molecular formula is C13H19N3S. The lowest BCUT2D eigenvalue weighted by atomic mass is 9.93. The molecule has 92 valence electrons. The van der Waals surface area contributed by atoms with E-state index in [1.807, 2.05) is 0 Å². The number of aryl methyl sites for hydroxylation is 2. The molecule has 1 aromatic heterocycles. The number of piperidine rings is 1. The summed E-state index contributed by atoms with van der Waals surface area (Å²) < 4.78 is 0. The number of nitrogens with zero attached hydrogens (tertiary/aromatic N) is 3. The molecule has 0 spiro atoms. The van der Waals surface area contributed by atoms with Crippen molar-refractivity contribution in [3.8, 4) is 6.07 Å². The van der Waals surface area contributed by atoms with Gasteiger partial charge in [0, 0.05) is 23.6 Å². The summed E-state index contributed by atoms with van der Waals surface area (Å²) in [5, 5.41) is 9.74. The molecular weight excluding hydrogens is 230 g/mol. The number of rotatable bonds is 3. The van der Waals surface area contributed by atoms with E-state index in [0.29, 0.717) is 12.3 Å². The summed E-state index contributed by atoms with van der Waals surface area (Å²) in [5.41, 5.74) is 1.30. The van der Waals surface area contributed by atoms with Crippen LogP contribution in [0.3, 0.4) is 0 Å². The van der Waals surface area contributed by atoms with Crippen LogP contribution in [0.15, 0.2) is 0 Å². The van der Waals surface area contributed by atoms with Crippen LogP contribution in [0.2, 0.25) is 0 Å². The van der Waals surface area contributed by atoms with Gasteiger partial charge in [-0.15, -0.1) is 11.3 Å². The Labute approximate surface area is 107 Å². The fourth-order valence-corrected chi connectivity index (χ4v) is 3.41. The zero-order valence-electron chi connectivity index (χ0n) is 10.6. The molecule has 0 aliphatic carbocycles. The highest BCUT2D eigenvalue weighted by Crippen LogP contribution is 2.32. The molecule has 0 aromatic carbocycles. The van der Waals surface area contributed by atoms with E-state index in [4.69, 9.17) is 10.2 Å². The number of hydrogen-bond acceptors (Lipinski definition) is 4. The lowest BCUT2D eigenvalue weighted by Gasteiger charge is -2.28. The Morgan fingerprint density at radius 3 is 2.82 bits per heavy atom. The highest BCUT2D eigenvalue weighted by molar-refractivity contribution is 7.11. The van der Waals surface area contributed by atoms with Crippen molar-refractivity contribution in [3.05, 3.63) is 15.6 Å². The van der Waals surface area contributed by atoms with Gasteiger partial charge in [0.25, 0.3) is 0 Å². The number of likely N-dealkylation sites (tertiary alicyclic amines) is 1. The second-order valence-corrected chi connectivity index (χ2v) is 6.07. The molecule has 0 atom stereocenters. The molecule has 1 fully saturated rings. The van der Waals surface area contributed by atoms with E-state index in [9.17, 15) is 0 Å². The molecule has 0 unspecified atom stereocenters. The maximum absolute atomic E-state index is 8.60. The van der Waals surface area contributed by atoms with Gasteiger partial charge in [-0.25, -0.2) is 4.98 Å². The Morgan fingerprint density at radius 2 is 2.18 bits per heavy atom. The summed E-state index contributed by atoms with van der Waals surface area (Å²) in [6.45, 7) is 4.52. The third kappa shape index (κ3) is 3.05. The van der Waals surface area contributed by atoms with Crippen molar-refractivity contribution < 1.29 is 0 Å². The highest BCUT2D eigenvalue weighted by atomic mass is 32.1. The fraction of sp³-hybridized carbons (Fsp3) is 0.692. The van der Waals surface area contributed by atoms with Gasteiger partial charge in [0.05, 0.1) is 16.8 Å². The second-order valence-electron chi connectivity index (χ2n) is 4.78. The van der Waals surface area contributed by atoms with Crippen molar-refractivity contribution in [3.63, 3.8) is 0 Å². The summed E-state index contributed by atoms with van der Waals surface area (Å²) >= 11 is 1.77. The summed E-state index contributed by atoms with van der Waals surface area (Å²) in [6.07, 6.45) is 3.84. The molecule has 0 N–H and O–H groups in total. The minimum absolute atomic E-state index is 0.583. The van der Waals surface area contributed by atoms with Gasteiger partial charge < -0.3 is 4.90 Å². The minimum Gasteiger partial charge on any atom is -0.306 e. The maximum atomic E-state index is 8.60. The lowest BCUT2D eigenvalue weighted by Crippen LogP contribution is -2.29. The Balaban J connectivity index is 2.05. The van der Waals surface area contributed by atoms with Crippen LogP contribution in [0.1, 0.15) is 40.8 Å². The molecule has 4 heteroatoms. The third-order valence-corrected chi connectivity index (χ3v) is 4.48. The summed E-state index contributed by atoms with van der Waals surface area (Å²) in [5.74, 6) is 0.637. The molecule has 0 saturated carbocycles. The minimum atomic E-state index is 0.583. The van der Waals surface area contributed by atoms with Gasteiger partial charge in [-0.2, -0.15) is 5.26 Å². The van der Waals surface area contributed by atoms with Crippen molar-refractivity contribution in [2.45, 2.75) is 38.5 Å². The van der Waals surface area contributed by atoms with E-state index in [2.05, 4.69) is 24.9 Å². The zero-order valence-corrected chi connectivity index (χ0v) is 11.4. The predicted molar refractivity (Wildman–Crippen MR) is 70.3 cm³/mol. The first kappa shape index (κ1) is 12.5. The van der Waals surface area contributed by atoms with Crippen LogP contribution in [0.5, 0.6) is 0 Å². The van der Waals surface area contributed by atoms with Gasteiger partial charge in [-0.3, -0.25) is 0 Å². The van der Waals surface area contributed by atoms with E-state index in [1.54, 1.807) is 11.3 Å². The Hall–Kier alpha value is -0.920. The van der Waals surface area contributed by atoms with Crippen LogP contribution in [-0.4, -0.2) is 30.0 Å². The van der Waals surface area contributed by atoms with Crippen molar-refractivity contribution in [2.75, 3.05) is 20.1 Å². The van der Waals surface area contributed by atoms with Crippen LogP contribution in [0.25, 0.3) is 0 Å².